The molecule has 0 bridgehead atoms. The van der Waals surface area contributed by atoms with Gasteiger partial charge in [0.1, 0.15) is 0 Å². The summed E-state index contributed by atoms with van der Waals surface area (Å²) in [6, 6.07) is 1.77. The van der Waals surface area contributed by atoms with Gasteiger partial charge in [-0.25, -0.2) is 0 Å². The number of hydrogen-bond donors (Lipinski definition) is 1. The summed E-state index contributed by atoms with van der Waals surface area (Å²) >= 11 is 0. The van der Waals surface area contributed by atoms with Crippen molar-refractivity contribution in [3.8, 4) is 0 Å². The molecular formula is C5H10N2. The molecule has 2 nitrogen and oxygen atoms in total. The molecule has 40 valence electrons. The van der Waals surface area contributed by atoms with Gasteiger partial charge in [0, 0.05) is 25.2 Å². The van der Waals surface area contributed by atoms with E-state index in [1.54, 1.807) is 0 Å². The minimum Gasteiger partial charge on any atom is -0.310 e. The Morgan fingerprint density at radius 3 is 2.57 bits per heavy atom. The number of nitrogens with zero attached hydrogens (tertiary/aromatic N) is 1. The van der Waals surface area contributed by atoms with Crippen LogP contribution in [0.4, 0.5) is 0 Å². The summed E-state index contributed by atoms with van der Waals surface area (Å²) in [6.45, 7) is 2.49. The van der Waals surface area contributed by atoms with Gasteiger partial charge in [0.25, 0.3) is 0 Å². The smallest absolute Gasteiger partial charge is 0.0384 e. The highest BCUT2D eigenvalue weighted by Gasteiger charge is 2.42. The molecule has 1 N–H and O–H groups in total. The lowest BCUT2D eigenvalue weighted by Crippen LogP contribution is -2.76. The second-order valence-electron chi connectivity index (χ2n) is 2.52. The zero-order chi connectivity index (χ0) is 4.85. The van der Waals surface area contributed by atoms with E-state index in [1.165, 1.54) is 13.1 Å². The third kappa shape index (κ3) is 0.318. The lowest BCUT2D eigenvalue weighted by Gasteiger charge is -2.54. The number of rotatable bonds is 0. The highest BCUT2D eigenvalue weighted by atomic mass is 15.3. The third-order valence-electron chi connectivity index (χ3n) is 2.10. The van der Waals surface area contributed by atoms with Gasteiger partial charge in [-0.05, 0) is 7.05 Å². The second kappa shape index (κ2) is 1.01. The van der Waals surface area contributed by atoms with E-state index in [0.29, 0.717) is 0 Å². The predicted octanol–water partition coefficient (Wildman–Crippen LogP) is -0.728. The summed E-state index contributed by atoms with van der Waals surface area (Å²) in [7, 11) is 2.18. The highest BCUT2D eigenvalue weighted by Crippen LogP contribution is 2.21. The molecule has 0 spiro atoms. The van der Waals surface area contributed by atoms with Gasteiger partial charge in [0.05, 0.1) is 0 Å². The molecule has 2 aliphatic rings. The van der Waals surface area contributed by atoms with E-state index in [9.17, 15) is 0 Å². The van der Waals surface area contributed by atoms with Crippen LogP contribution < -0.4 is 5.32 Å². The average Bonchev–Trinajstić information content (AvgIpc) is 1.59. The first-order valence-corrected chi connectivity index (χ1v) is 2.81. The Hall–Kier alpha value is -0.0800. The molecule has 0 amide bonds. The lowest BCUT2D eigenvalue weighted by atomic mass is 9.90. The van der Waals surface area contributed by atoms with Crippen molar-refractivity contribution in [3.05, 3.63) is 0 Å². The molecule has 0 aromatic heterocycles. The molecule has 2 fully saturated rings. The summed E-state index contributed by atoms with van der Waals surface area (Å²) in [5.41, 5.74) is 0. The van der Waals surface area contributed by atoms with Crippen LogP contribution in [0.15, 0.2) is 0 Å². The van der Waals surface area contributed by atoms with Gasteiger partial charge in [-0.1, -0.05) is 0 Å². The van der Waals surface area contributed by atoms with E-state index in [4.69, 9.17) is 0 Å². The predicted molar refractivity (Wildman–Crippen MR) is 28.2 cm³/mol. The lowest BCUT2D eigenvalue weighted by molar-refractivity contribution is 0.00576. The van der Waals surface area contributed by atoms with Crippen LogP contribution in [0.1, 0.15) is 0 Å². The molecule has 1 unspecified atom stereocenters. The van der Waals surface area contributed by atoms with Crippen molar-refractivity contribution >= 4 is 0 Å². The Bertz CT molecular complexity index is 88.1. The van der Waals surface area contributed by atoms with Gasteiger partial charge < -0.3 is 5.32 Å². The first-order chi connectivity index (χ1) is 3.38. The van der Waals surface area contributed by atoms with Crippen molar-refractivity contribution in [1.82, 2.24) is 10.2 Å². The second-order valence-corrected chi connectivity index (χ2v) is 2.52. The third-order valence-corrected chi connectivity index (χ3v) is 2.10. The Kier molecular flexibility index (Phi) is 0.557. The van der Waals surface area contributed by atoms with Crippen molar-refractivity contribution in [1.29, 1.82) is 0 Å². The highest BCUT2D eigenvalue weighted by molar-refractivity contribution is 5.04. The molecular weight excluding hydrogens is 88.1 g/mol. The molecule has 2 aliphatic heterocycles. The van der Waals surface area contributed by atoms with E-state index in [-0.39, 0.29) is 0 Å². The molecule has 0 aliphatic carbocycles. The quantitative estimate of drug-likeness (QED) is 0.430. The summed E-state index contributed by atoms with van der Waals surface area (Å²) in [4.78, 5) is 2.39. The number of hydrogen-bond acceptors (Lipinski definition) is 2. The zero-order valence-electron chi connectivity index (χ0n) is 4.52. The molecule has 0 saturated carbocycles. The minimum absolute atomic E-state index is 0.866. The number of likely N-dealkylation sites (N-methyl/N-ethyl adjacent to an activating group) is 1. The zero-order valence-corrected chi connectivity index (χ0v) is 4.52. The first kappa shape index (κ1) is 3.87. The molecule has 2 atom stereocenters. The van der Waals surface area contributed by atoms with E-state index in [1.807, 2.05) is 0 Å². The van der Waals surface area contributed by atoms with Crippen molar-refractivity contribution < 1.29 is 0 Å². The van der Waals surface area contributed by atoms with E-state index >= 15 is 0 Å². The van der Waals surface area contributed by atoms with Crippen molar-refractivity contribution in [2.75, 3.05) is 20.1 Å². The van der Waals surface area contributed by atoms with Gasteiger partial charge in [0.2, 0.25) is 0 Å². The maximum atomic E-state index is 3.33. The Balaban J connectivity index is 1.99. The monoisotopic (exact) mass is 98.1 g/mol. The van der Waals surface area contributed by atoms with Gasteiger partial charge in [-0.2, -0.15) is 0 Å². The SMILES string of the molecule is CN1C[C@@H]2NCC21. The fraction of sp³-hybridized carbons (Fsp3) is 1.00. The van der Waals surface area contributed by atoms with Crippen LogP contribution in [0.25, 0.3) is 0 Å². The standard InChI is InChI=1S/C5H10N2/c1-7-3-4-5(7)2-6-4/h4-6H,2-3H2,1H3/t4-,5?/m0/s1. The average molecular weight is 98.1 g/mol. The summed E-state index contributed by atoms with van der Waals surface area (Å²) < 4.78 is 0. The van der Waals surface area contributed by atoms with E-state index < -0.39 is 0 Å². The molecule has 0 aromatic carbocycles. The Labute approximate surface area is 43.5 Å². The fourth-order valence-electron chi connectivity index (χ4n) is 1.35. The summed E-state index contributed by atoms with van der Waals surface area (Å²) in [5.74, 6) is 0. The van der Waals surface area contributed by atoms with Gasteiger partial charge in [-0.15, -0.1) is 0 Å². The Morgan fingerprint density at radius 1 is 1.71 bits per heavy atom. The summed E-state index contributed by atoms with van der Waals surface area (Å²) in [5, 5.41) is 3.33. The summed E-state index contributed by atoms with van der Waals surface area (Å²) in [6.07, 6.45) is 0. The minimum atomic E-state index is 0.866. The molecule has 2 heteroatoms. The molecule has 2 heterocycles. The van der Waals surface area contributed by atoms with Crippen LogP contribution in [-0.4, -0.2) is 37.1 Å². The Morgan fingerprint density at radius 2 is 2.57 bits per heavy atom. The van der Waals surface area contributed by atoms with Crippen LogP contribution in [-0.2, 0) is 0 Å². The van der Waals surface area contributed by atoms with Gasteiger partial charge in [-0.3, -0.25) is 4.90 Å². The first-order valence-electron chi connectivity index (χ1n) is 2.81. The number of likely N-dealkylation sites (tertiary alicyclic amines) is 1. The molecule has 0 radical (unpaired) electrons. The normalized spacial score (nSPS) is 49.3. The van der Waals surface area contributed by atoms with Crippen LogP contribution in [0.3, 0.4) is 0 Å². The van der Waals surface area contributed by atoms with Crippen molar-refractivity contribution in [2.45, 2.75) is 12.1 Å². The van der Waals surface area contributed by atoms with Gasteiger partial charge >= 0.3 is 0 Å². The number of piperazine rings is 1. The van der Waals surface area contributed by atoms with Gasteiger partial charge in [0.15, 0.2) is 0 Å². The molecule has 2 rings (SSSR count). The number of nitrogens with one attached hydrogen (secondary N) is 1. The van der Waals surface area contributed by atoms with Crippen LogP contribution >= 0.6 is 0 Å². The maximum Gasteiger partial charge on any atom is 0.0384 e. The van der Waals surface area contributed by atoms with E-state index in [0.717, 1.165) is 12.1 Å². The molecule has 7 heavy (non-hydrogen) atoms. The largest absolute Gasteiger partial charge is 0.310 e. The van der Waals surface area contributed by atoms with Crippen LogP contribution in [0.5, 0.6) is 0 Å². The van der Waals surface area contributed by atoms with Crippen LogP contribution in [0.2, 0.25) is 0 Å². The molecule has 2 saturated heterocycles. The fourth-order valence-corrected chi connectivity index (χ4v) is 1.35. The van der Waals surface area contributed by atoms with Crippen molar-refractivity contribution in [3.63, 3.8) is 0 Å². The topological polar surface area (TPSA) is 15.3 Å². The van der Waals surface area contributed by atoms with E-state index in [2.05, 4.69) is 17.3 Å². The molecule has 0 aromatic rings. The maximum absolute atomic E-state index is 3.33. The van der Waals surface area contributed by atoms with Crippen LogP contribution in [0, 0.1) is 0 Å². The van der Waals surface area contributed by atoms with Crippen molar-refractivity contribution in [2.24, 2.45) is 0 Å². The number of fused-ring (bicyclic) bond motifs is 1.